The van der Waals surface area contributed by atoms with E-state index in [2.05, 4.69) is 15.3 Å². The summed E-state index contributed by atoms with van der Waals surface area (Å²) >= 11 is 0. The molecule has 88 valence electrons. The molecule has 17 heavy (non-hydrogen) atoms. The van der Waals surface area contributed by atoms with Crippen molar-refractivity contribution in [3.05, 3.63) is 36.5 Å². The van der Waals surface area contributed by atoms with Gasteiger partial charge in [-0.3, -0.25) is 0 Å². The number of nitrogen functional groups attached to an aromatic ring is 1. The molecule has 2 rings (SSSR count). The average Bonchev–Trinajstić information content (AvgIpc) is 2.38. The van der Waals surface area contributed by atoms with Gasteiger partial charge in [0.25, 0.3) is 0 Å². The summed E-state index contributed by atoms with van der Waals surface area (Å²) in [5.74, 6) is 0.266. The highest BCUT2D eigenvalue weighted by Crippen LogP contribution is 2.25. The lowest BCUT2D eigenvalue weighted by Crippen LogP contribution is -2.14. The van der Waals surface area contributed by atoms with Crippen LogP contribution in [0.5, 0.6) is 0 Å². The summed E-state index contributed by atoms with van der Waals surface area (Å²) in [6.45, 7) is 1.23. The predicted molar refractivity (Wildman–Crippen MR) is 69.4 cm³/mol. The Balaban J connectivity index is 2.40. The Morgan fingerprint density at radius 1 is 1.18 bits per heavy atom. The van der Waals surface area contributed by atoms with Gasteiger partial charge in [0.05, 0.1) is 17.6 Å². The smallest absolute Gasteiger partial charge is 0.220 e. The third kappa shape index (κ3) is 2.70. The van der Waals surface area contributed by atoms with Crippen molar-refractivity contribution in [2.75, 3.05) is 24.1 Å². The van der Waals surface area contributed by atoms with Crippen LogP contribution in [0.3, 0.4) is 0 Å². The average molecular weight is 229 g/mol. The fraction of sp³-hybridized carbons (Fsp3) is 0.167. The van der Waals surface area contributed by atoms with Gasteiger partial charge in [0, 0.05) is 18.7 Å². The predicted octanol–water partition coefficient (Wildman–Crippen LogP) is 1.10. The first-order valence-corrected chi connectivity index (χ1v) is 5.43. The maximum absolute atomic E-state index is 5.62. The van der Waals surface area contributed by atoms with Crippen molar-refractivity contribution in [2.45, 2.75) is 0 Å². The zero-order chi connectivity index (χ0) is 12.1. The van der Waals surface area contributed by atoms with Gasteiger partial charge in [0.15, 0.2) is 0 Å². The number of anilines is 2. The van der Waals surface area contributed by atoms with Crippen LogP contribution in [-0.4, -0.2) is 23.1 Å². The Hall–Kier alpha value is -2.14. The maximum Gasteiger partial charge on any atom is 0.220 e. The Labute approximate surface area is 99.9 Å². The van der Waals surface area contributed by atoms with Crippen LogP contribution < -0.4 is 16.8 Å². The van der Waals surface area contributed by atoms with Crippen LogP contribution in [-0.2, 0) is 0 Å². The van der Waals surface area contributed by atoms with Crippen molar-refractivity contribution in [1.29, 1.82) is 0 Å². The third-order valence-electron chi connectivity index (χ3n) is 2.31. The number of hydrogen-bond donors (Lipinski definition) is 3. The van der Waals surface area contributed by atoms with Crippen molar-refractivity contribution < 1.29 is 0 Å². The van der Waals surface area contributed by atoms with Crippen LogP contribution >= 0.6 is 0 Å². The molecule has 0 aliphatic carbocycles. The molecule has 5 heteroatoms. The van der Waals surface area contributed by atoms with Gasteiger partial charge in [-0.05, 0) is 0 Å². The molecule has 0 unspecified atom stereocenters. The van der Waals surface area contributed by atoms with Crippen molar-refractivity contribution in [2.24, 2.45) is 5.73 Å². The van der Waals surface area contributed by atoms with Crippen molar-refractivity contribution in [1.82, 2.24) is 9.97 Å². The highest BCUT2D eigenvalue weighted by molar-refractivity contribution is 5.74. The van der Waals surface area contributed by atoms with Crippen LogP contribution in [0.25, 0.3) is 11.3 Å². The van der Waals surface area contributed by atoms with Crippen molar-refractivity contribution in [3.63, 3.8) is 0 Å². The fourth-order valence-electron chi connectivity index (χ4n) is 1.55. The quantitative estimate of drug-likeness (QED) is 0.730. The molecule has 0 saturated heterocycles. The van der Waals surface area contributed by atoms with Gasteiger partial charge in [-0.15, -0.1) is 0 Å². The zero-order valence-electron chi connectivity index (χ0n) is 9.43. The molecule has 1 heterocycles. The summed E-state index contributed by atoms with van der Waals surface area (Å²) < 4.78 is 0. The second kappa shape index (κ2) is 5.27. The monoisotopic (exact) mass is 229 g/mol. The van der Waals surface area contributed by atoms with Crippen molar-refractivity contribution in [3.8, 4) is 11.3 Å². The Kier molecular flexibility index (Phi) is 3.52. The molecular weight excluding hydrogens is 214 g/mol. The van der Waals surface area contributed by atoms with E-state index in [9.17, 15) is 0 Å². The normalized spacial score (nSPS) is 10.2. The Morgan fingerprint density at radius 3 is 2.65 bits per heavy atom. The minimum Gasteiger partial charge on any atom is -0.381 e. The SMILES string of the molecule is NCCNc1cnc(N)nc1-c1ccccc1. The molecular formula is C12H15N5. The zero-order valence-corrected chi connectivity index (χ0v) is 9.43. The molecule has 0 radical (unpaired) electrons. The Bertz CT molecular complexity index is 484. The molecule has 0 bridgehead atoms. The van der Waals surface area contributed by atoms with E-state index in [0.29, 0.717) is 13.1 Å². The largest absolute Gasteiger partial charge is 0.381 e. The van der Waals surface area contributed by atoms with E-state index in [0.717, 1.165) is 16.9 Å². The number of aromatic nitrogens is 2. The van der Waals surface area contributed by atoms with E-state index < -0.39 is 0 Å². The van der Waals surface area contributed by atoms with Crippen LogP contribution in [0.1, 0.15) is 0 Å². The van der Waals surface area contributed by atoms with E-state index in [1.807, 2.05) is 30.3 Å². The number of nitrogens with one attached hydrogen (secondary N) is 1. The standard InChI is InChI=1S/C12H15N5/c13-6-7-15-10-8-16-12(14)17-11(10)9-4-2-1-3-5-9/h1-5,8,15H,6-7,13H2,(H2,14,16,17). The minimum atomic E-state index is 0.266. The lowest BCUT2D eigenvalue weighted by molar-refractivity contribution is 1.02. The molecule has 5 nitrogen and oxygen atoms in total. The molecule has 2 aromatic rings. The second-order valence-electron chi connectivity index (χ2n) is 3.57. The van der Waals surface area contributed by atoms with Gasteiger partial charge in [0.1, 0.15) is 0 Å². The van der Waals surface area contributed by atoms with Crippen LogP contribution in [0, 0.1) is 0 Å². The van der Waals surface area contributed by atoms with Gasteiger partial charge in [-0.25, -0.2) is 9.97 Å². The van der Waals surface area contributed by atoms with Crippen molar-refractivity contribution >= 4 is 11.6 Å². The highest BCUT2D eigenvalue weighted by atomic mass is 15.0. The number of rotatable bonds is 4. The van der Waals surface area contributed by atoms with Crippen LogP contribution in [0.15, 0.2) is 36.5 Å². The van der Waals surface area contributed by atoms with E-state index in [-0.39, 0.29) is 5.95 Å². The first-order valence-electron chi connectivity index (χ1n) is 5.43. The number of nitrogens with zero attached hydrogens (tertiary/aromatic N) is 2. The van der Waals surface area contributed by atoms with Gasteiger partial charge >= 0.3 is 0 Å². The molecule has 0 spiro atoms. The highest BCUT2D eigenvalue weighted by Gasteiger charge is 2.07. The summed E-state index contributed by atoms with van der Waals surface area (Å²) in [5.41, 5.74) is 13.7. The molecule has 1 aromatic heterocycles. The van der Waals surface area contributed by atoms with E-state index in [1.165, 1.54) is 0 Å². The summed E-state index contributed by atoms with van der Waals surface area (Å²) in [5, 5.41) is 3.18. The molecule has 1 aromatic carbocycles. The lowest BCUT2D eigenvalue weighted by Gasteiger charge is -2.10. The molecule has 0 saturated carbocycles. The summed E-state index contributed by atoms with van der Waals surface area (Å²) in [4.78, 5) is 8.24. The van der Waals surface area contributed by atoms with E-state index in [4.69, 9.17) is 11.5 Å². The Morgan fingerprint density at radius 2 is 1.94 bits per heavy atom. The molecule has 0 fully saturated rings. The first-order chi connectivity index (χ1) is 8.31. The molecule has 5 N–H and O–H groups in total. The number of hydrogen-bond acceptors (Lipinski definition) is 5. The topological polar surface area (TPSA) is 89.8 Å². The van der Waals surface area contributed by atoms with Gasteiger partial charge in [-0.1, -0.05) is 30.3 Å². The van der Waals surface area contributed by atoms with E-state index in [1.54, 1.807) is 6.20 Å². The third-order valence-corrected chi connectivity index (χ3v) is 2.31. The summed E-state index contributed by atoms with van der Waals surface area (Å²) in [7, 11) is 0. The molecule has 0 amide bonds. The summed E-state index contributed by atoms with van der Waals surface area (Å²) in [6, 6.07) is 9.84. The van der Waals surface area contributed by atoms with Gasteiger partial charge in [-0.2, -0.15) is 0 Å². The molecule has 0 aliphatic heterocycles. The second-order valence-corrected chi connectivity index (χ2v) is 3.57. The van der Waals surface area contributed by atoms with Gasteiger partial charge < -0.3 is 16.8 Å². The summed E-state index contributed by atoms with van der Waals surface area (Å²) in [6.07, 6.45) is 1.68. The first kappa shape index (κ1) is 11.3. The van der Waals surface area contributed by atoms with Gasteiger partial charge in [0.2, 0.25) is 5.95 Å². The number of nitrogens with two attached hydrogens (primary N) is 2. The fourth-order valence-corrected chi connectivity index (χ4v) is 1.55. The van der Waals surface area contributed by atoms with Crippen LogP contribution in [0.2, 0.25) is 0 Å². The number of benzene rings is 1. The van der Waals surface area contributed by atoms with E-state index >= 15 is 0 Å². The lowest BCUT2D eigenvalue weighted by atomic mass is 10.1. The maximum atomic E-state index is 5.62. The van der Waals surface area contributed by atoms with Crippen LogP contribution in [0.4, 0.5) is 11.6 Å². The molecule has 0 atom stereocenters. The minimum absolute atomic E-state index is 0.266. The molecule has 0 aliphatic rings.